The summed E-state index contributed by atoms with van der Waals surface area (Å²) in [5.74, 6) is -0.0408. The maximum atomic E-state index is 12.9. The van der Waals surface area contributed by atoms with Gasteiger partial charge in [-0.15, -0.1) is 11.3 Å². The van der Waals surface area contributed by atoms with Gasteiger partial charge in [0.15, 0.2) is 5.13 Å². The SMILES string of the molecule is Cc1sc(NC(=O)c2cccc3ccccc23)nc1CCOc1ccc2c(c1)CCC2CC(=O)O. The van der Waals surface area contributed by atoms with Crippen LogP contribution < -0.4 is 10.1 Å². The zero-order valence-corrected chi connectivity index (χ0v) is 20.2. The lowest BCUT2D eigenvalue weighted by molar-refractivity contribution is -0.137. The number of aromatic nitrogens is 1. The van der Waals surface area contributed by atoms with Crippen LogP contribution in [0.3, 0.4) is 0 Å². The second kappa shape index (κ2) is 9.88. The van der Waals surface area contributed by atoms with Gasteiger partial charge in [0.05, 0.1) is 18.7 Å². The number of hydrogen-bond acceptors (Lipinski definition) is 5. The molecular weight excluding hydrogens is 460 g/mol. The Hall–Kier alpha value is -3.71. The third-order valence-corrected chi connectivity index (χ3v) is 7.42. The molecule has 35 heavy (non-hydrogen) atoms. The highest BCUT2D eigenvalue weighted by atomic mass is 32.1. The maximum Gasteiger partial charge on any atom is 0.303 e. The molecule has 178 valence electrons. The second-order valence-corrected chi connectivity index (χ2v) is 10.00. The smallest absolute Gasteiger partial charge is 0.303 e. The predicted molar refractivity (Wildman–Crippen MR) is 138 cm³/mol. The molecule has 3 aromatic carbocycles. The van der Waals surface area contributed by atoms with E-state index >= 15 is 0 Å². The number of aryl methyl sites for hydroxylation is 2. The molecule has 1 aromatic heterocycles. The summed E-state index contributed by atoms with van der Waals surface area (Å²) in [5.41, 5.74) is 3.84. The maximum absolute atomic E-state index is 12.9. The monoisotopic (exact) mass is 486 g/mol. The Kier molecular flexibility index (Phi) is 6.51. The molecular formula is C28H26N2O4S. The van der Waals surface area contributed by atoms with Gasteiger partial charge in [-0.05, 0) is 65.8 Å². The van der Waals surface area contributed by atoms with Gasteiger partial charge >= 0.3 is 5.97 Å². The number of carboxylic acid groups (broad SMARTS) is 1. The average Bonchev–Trinajstić information content (AvgIpc) is 3.40. The number of thiazole rings is 1. The Morgan fingerprint density at radius 3 is 2.83 bits per heavy atom. The van der Waals surface area contributed by atoms with Crippen LogP contribution in [0.15, 0.2) is 60.7 Å². The van der Waals surface area contributed by atoms with Crippen LogP contribution in [0.2, 0.25) is 0 Å². The quantitative estimate of drug-likeness (QED) is 0.320. The number of nitrogens with one attached hydrogen (secondary N) is 1. The predicted octanol–water partition coefficient (Wildman–Crippen LogP) is 5.98. The minimum atomic E-state index is -0.755. The first-order valence-electron chi connectivity index (χ1n) is 11.7. The zero-order valence-electron chi connectivity index (χ0n) is 19.4. The third-order valence-electron chi connectivity index (χ3n) is 6.49. The van der Waals surface area contributed by atoms with E-state index in [9.17, 15) is 9.59 Å². The fourth-order valence-electron chi connectivity index (χ4n) is 4.76. The number of rotatable bonds is 8. The summed E-state index contributed by atoms with van der Waals surface area (Å²) in [4.78, 5) is 29.7. The van der Waals surface area contributed by atoms with Crippen LogP contribution >= 0.6 is 11.3 Å². The third kappa shape index (κ3) is 5.05. The van der Waals surface area contributed by atoms with Crippen molar-refractivity contribution in [3.63, 3.8) is 0 Å². The zero-order chi connectivity index (χ0) is 24.4. The Morgan fingerprint density at radius 2 is 1.97 bits per heavy atom. The summed E-state index contributed by atoms with van der Waals surface area (Å²) in [6, 6.07) is 19.5. The van der Waals surface area contributed by atoms with Crippen LogP contribution in [-0.2, 0) is 17.6 Å². The highest BCUT2D eigenvalue weighted by Gasteiger charge is 2.25. The average molecular weight is 487 g/mol. The van der Waals surface area contributed by atoms with Gasteiger partial charge < -0.3 is 9.84 Å². The number of carboxylic acids is 1. The molecule has 0 bridgehead atoms. The van der Waals surface area contributed by atoms with E-state index in [-0.39, 0.29) is 18.2 Å². The molecule has 6 nitrogen and oxygen atoms in total. The van der Waals surface area contributed by atoms with E-state index in [4.69, 9.17) is 9.84 Å². The van der Waals surface area contributed by atoms with E-state index in [1.807, 2.05) is 67.6 Å². The van der Waals surface area contributed by atoms with Gasteiger partial charge in [0.1, 0.15) is 5.75 Å². The van der Waals surface area contributed by atoms with Crippen molar-refractivity contribution in [3.05, 3.63) is 87.9 Å². The standard InChI is InChI=1S/C28H26N2O4S/c1-17-25(13-14-34-21-11-12-22-19(15-21)9-10-20(22)16-26(31)32)29-28(35-17)30-27(33)24-8-4-6-18-5-2-3-7-23(18)24/h2-8,11-12,15,20H,9-10,13-14,16H2,1H3,(H,31,32)(H,29,30,33). The number of anilines is 1. The van der Waals surface area contributed by atoms with Crippen LogP contribution in [0.4, 0.5) is 5.13 Å². The van der Waals surface area contributed by atoms with Crippen LogP contribution in [-0.4, -0.2) is 28.6 Å². The van der Waals surface area contributed by atoms with E-state index in [1.54, 1.807) is 0 Å². The van der Waals surface area contributed by atoms with Crippen LogP contribution in [0, 0.1) is 6.92 Å². The lowest BCUT2D eigenvalue weighted by Gasteiger charge is -2.10. The summed E-state index contributed by atoms with van der Waals surface area (Å²) >= 11 is 1.46. The summed E-state index contributed by atoms with van der Waals surface area (Å²) in [6.07, 6.45) is 2.56. The van der Waals surface area contributed by atoms with Gasteiger partial charge in [-0.25, -0.2) is 4.98 Å². The molecule has 2 N–H and O–H groups in total. The van der Waals surface area contributed by atoms with Gasteiger partial charge in [0.2, 0.25) is 0 Å². The molecule has 7 heteroatoms. The Bertz CT molecular complexity index is 1410. The summed E-state index contributed by atoms with van der Waals surface area (Å²) in [5, 5.41) is 14.6. The Labute approximate surface area is 207 Å². The number of nitrogens with zero attached hydrogens (tertiary/aromatic N) is 1. The van der Waals surface area contributed by atoms with Gasteiger partial charge in [-0.1, -0.05) is 42.5 Å². The number of benzene rings is 3. The fraction of sp³-hybridized carbons (Fsp3) is 0.250. The first kappa shape index (κ1) is 23.1. The van der Waals surface area contributed by atoms with Crippen molar-refractivity contribution in [2.45, 2.75) is 38.5 Å². The van der Waals surface area contributed by atoms with E-state index in [0.717, 1.165) is 45.5 Å². The first-order valence-corrected chi connectivity index (χ1v) is 12.5. The molecule has 1 amide bonds. The van der Waals surface area contributed by atoms with Crippen LogP contribution in [0.1, 0.15) is 50.8 Å². The number of hydrogen-bond donors (Lipinski definition) is 2. The molecule has 0 fully saturated rings. The topological polar surface area (TPSA) is 88.5 Å². The van der Waals surface area contributed by atoms with Crippen LogP contribution in [0.5, 0.6) is 5.75 Å². The van der Waals surface area contributed by atoms with Crippen molar-refractivity contribution in [3.8, 4) is 5.75 Å². The van der Waals surface area contributed by atoms with Crippen molar-refractivity contribution in [1.29, 1.82) is 0 Å². The molecule has 0 aliphatic heterocycles. The number of amides is 1. The largest absolute Gasteiger partial charge is 0.493 e. The lowest BCUT2D eigenvalue weighted by Crippen LogP contribution is -2.12. The molecule has 0 saturated carbocycles. The van der Waals surface area contributed by atoms with Crippen molar-refractivity contribution in [1.82, 2.24) is 4.98 Å². The number of aliphatic carboxylic acids is 1. The molecule has 1 atom stereocenters. The molecule has 1 unspecified atom stereocenters. The van der Waals surface area contributed by atoms with Crippen LogP contribution in [0.25, 0.3) is 10.8 Å². The minimum absolute atomic E-state index is 0.0942. The highest BCUT2D eigenvalue weighted by Crippen LogP contribution is 2.37. The molecule has 1 heterocycles. The van der Waals surface area contributed by atoms with Crippen molar-refractivity contribution < 1.29 is 19.4 Å². The fourth-order valence-corrected chi connectivity index (χ4v) is 5.62. The summed E-state index contributed by atoms with van der Waals surface area (Å²) in [6.45, 7) is 2.47. The minimum Gasteiger partial charge on any atom is -0.493 e. The van der Waals surface area contributed by atoms with E-state index < -0.39 is 5.97 Å². The molecule has 1 aliphatic rings. The molecule has 4 aromatic rings. The van der Waals surface area contributed by atoms with Gasteiger partial charge in [0.25, 0.3) is 5.91 Å². The van der Waals surface area contributed by atoms with Gasteiger partial charge in [-0.2, -0.15) is 0 Å². The number of fused-ring (bicyclic) bond motifs is 2. The summed E-state index contributed by atoms with van der Waals surface area (Å²) < 4.78 is 5.98. The van der Waals surface area contributed by atoms with Gasteiger partial charge in [-0.3, -0.25) is 14.9 Å². The molecule has 5 rings (SSSR count). The second-order valence-electron chi connectivity index (χ2n) is 8.80. The molecule has 1 aliphatic carbocycles. The summed E-state index contributed by atoms with van der Waals surface area (Å²) in [7, 11) is 0. The van der Waals surface area contributed by atoms with E-state index in [1.165, 1.54) is 16.9 Å². The highest BCUT2D eigenvalue weighted by molar-refractivity contribution is 7.15. The van der Waals surface area contributed by atoms with Crippen molar-refractivity contribution >= 4 is 39.1 Å². The number of carbonyl (C=O) groups excluding carboxylic acids is 1. The van der Waals surface area contributed by atoms with Crippen molar-refractivity contribution in [2.24, 2.45) is 0 Å². The normalized spacial score (nSPS) is 14.6. The van der Waals surface area contributed by atoms with Gasteiger partial charge in [0, 0.05) is 16.9 Å². The lowest BCUT2D eigenvalue weighted by atomic mass is 9.98. The van der Waals surface area contributed by atoms with E-state index in [0.29, 0.717) is 23.7 Å². The Balaban J connectivity index is 1.20. The van der Waals surface area contributed by atoms with E-state index in [2.05, 4.69) is 10.3 Å². The first-order chi connectivity index (χ1) is 17.0. The number of carbonyl (C=O) groups is 2. The molecule has 0 spiro atoms. The Morgan fingerprint density at radius 1 is 1.14 bits per heavy atom. The number of ether oxygens (including phenoxy) is 1. The molecule has 0 radical (unpaired) electrons. The van der Waals surface area contributed by atoms with Crippen molar-refractivity contribution in [2.75, 3.05) is 11.9 Å². The molecule has 0 saturated heterocycles.